The van der Waals surface area contributed by atoms with Gasteiger partial charge in [-0.1, -0.05) is 6.07 Å². The zero-order valence-corrected chi connectivity index (χ0v) is 7.14. The van der Waals surface area contributed by atoms with Gasteiger partial charge < -0.3 is 5.11 Å². The van der Waals surface area contributed by atoms with Crippen molar-refractivity contribution in [1.29, 1.82) is 5.26 Å². The van der Waals surface area contributed by atoms with Crippen LogP contribution < -0.4 is 5.32 Å². The van der Waals surface area contributed by atoms with Crippen molar-refractivity contribution in [2.24, 2.45) is 0 Å². The molecule has 0 spiro atoms. The predicted octanol–water partition coefficient (Wildman–Crippen LogP) is 1.71. The standard InChI is InChI=1S/C9H7N3O2/c10-6-2-4-7-3-1-5-8(11-7)12-9(13)14/h1-5H,(H,11,12)(H,13,14)/b4-2+. The van der Waals surface area contributed by atoms with E-state index in [4.69, 9.17) is 10.4 Å². The van der Waals surface area contributed by atoms with E-state index in [1.54, 1.807) is 12.1 Å². The number of anilines is 1. The van der Waals surface area contributed by atoms with Gasteiger partial charge in [-0.2, -0.15) is 5.26 Å². The van der Waals surface area contributed by atoms with Gasteiger partial charge in [-0.25, -0.2) is 9.78 Å². The lowest BCUT2D eigenvalue weighted by molar-refractivity contribution is 0.209. The lowest BCUT2D eigenvalue weighted by atomic mass is 10.3. The molecule has 5 nitrogen and oxygen atoms in total. The van der Waals surface area contributed by atoms with E-state index in [1.807, 2.05) is 6.07 Å². The molecule has 14 heavy (non-hydrogen) atoms. The van der Waals surface area contributed by atoms with Crippen molar-refractivity contribution in [3.63, 3.8) is 0 Å². The summed E-state index contributed by atoms with van der Waals surface area (Å²) < 4.78 is 0. The van der Waals surface area contributed by atoms with E-state index < -0.39 is 6.09 Å². The summed E-state index contributed by atoms with van der Waals surface area (Å²) in [6.07, 6.45) is 1.60. The van der Waals surface area contributed by atoms with Gasteiger partial charge >= 0.3 is 6.09 Å². The molecule has 0 fully saturated rings. The number of allylic oxidation sites excluding steroid dienone is 1. The number of rotatable bonds is 2. The van der Waals surface area contributed by atoms with Crippen molar-refractivity contribution in [1.82, 2.24) is 4.98 Å². The topological polar surface area (TPSA) is 86.0 Å². The number of nitrogens with one attached hydrogen (secondary N) is 1. The first-order valence-corrected chi connectivity index (χ1v) is 3.75. The number of carboxylic acid groups (broad SMARTS) is 1. The Labute approximate surface area is 80.3 Å². The van der Waals surface area contributed by atoms with Gasteiger partial charge in [-0.15, -0.1) is 0 Å². The Morgan fingerprint density at radius 1 is 1.64 bits per heavy atom. The minimum atomic E-state index is -1.17. The van der Waals surface area contributed by atoms with E-state index in [-0.39, 0.29) is 5.82 Å². The SMILES string of the molecule is N#C/C=C/c1cccc(NC(=O)O)n1. The second-order valence-electron chi connectivity index (χ2n) is 2.34. The third-order valence-electron chi connectivity index (χ3n) is 1.33. The molecule has 1 aromatic rings. The summed E-state index contributed by atoms with van der Waals surface area (Å²) in [7, 11) is 0. The van der Waals surface area contributed by atoms with Gasteiger partial charge in [0.1, 0.15) is 5.82 Å². The maximum Gasteiger partial charge on any atom is 0.410 e. The molecule has 1 amide bonds. The van der Waals surface area contributed by atoms with Crippen LogP contribution in [0.15, 0.2) is 24.3 Å². The Hall–Kier alpha value is -2.35. The zero-order chi connectivity index (χ0) is 10.4. The maximum absolute atomic E-state index is 10.3. The molecule has 1 rings (SSSR count). The van der Waals surface area contributed by atoms with Crippen LogP contribution in [0.5, 0.6) is 0 Å². The third kappa shape index (κ3) is 2.95. The summed E-state index contributed by atoms with van der Waals surface area (Å²) in [6.45, 7) is 0. The molecule has 0 aromatic carbocycles. The summed E-state index contributed by atoms with van der Waals surface area (Å²) in [5, 5.41) is 18.8. The van der Waals surface area contributed by atoms with Gasteiger partial charge in [-0.05, 0) is 18.2 Å². The zero-order valence-electron chi connectivity index (χ0n) is 7.14. The minimum Gasteiger partial charge on any atom is -0.465 e. The molecular weight excluding hydrogens is 182 g/mol. The normalized spacial score (nSPS) is 9.64. The summed E-state index contributed by atoms with van der Waals surface area (Å²) >= 11 is 0. The van der Waals surface area contributed by atoms with Crippen molar-refractivity contribution in [2.45, 2.75) is 0 Å². The molecule has 0 aliphatic carbocycles. The summed E-state index contributed by atoms with van der Waals surface area (Å²) in [5.41, 5.74) is 0.526. The number of aromatic nitrogens is 1. The van der Waals surface area contributed by atoms with Gasteiger partial charge in [0.15, 0.2) is 0 Å². The highest BCUT2D eigenvalue weighted by atomic mass is 16.4. The number of pyridine rings is 1. The number of hydrogen-bond acceptors (Lipinski definition) is 3. The third-order valence-corrected chi connectivity index (χ3v) is 1.33. The van der Waals surface area contributed by atoms with Crippen molar-refractivity contribution >= 4 is 18.0 Å². The summed E-state index contributed by atoms with van der Waals surface area (Å²) in [6, 6.07) is 6.66. The fourth-order valence-electron chi connectivity index (χ4n) is 0.846. The quantitative estimate of drug-likeness (QED) is 0.693. The molecule has 0 unspecified atom stereocenters. The van der Waals surface area contributed by atoms with Crippen LogP contribution in [0.2, 0.25) is 0 Å². The van der Waals surface area contributed by atoms with Crippen LogP contribution in [-0.4, -0.2) is 16.2 Å². The fourth-order valence-corrected chi connectivity index (χ4v) is 0.846. The fraction of sp³-hybridized carbons (Fsp3) is 0. The van der Waals surface area contributed by atoms with Gasteiger partial charge in [0.05, 0.1) is 11.8 Å². The highest BCUT2D eigenvalue weighted by Gasteiger charge is 1.98. The largest absolute Gasteiger partial charge is 0.465 e. The number of amides is 1. The smallest absolute Gasteiger partial charge is 0.410 e. The van der Waals surface area contributed by atoms with Gasteiger partial charge in [0.25, 0.3) is 0 Å². The molecule has 1 aromatic heterocycles. The first kappa shape index (κ1) is 9.74. The van der Waals surface area contributed by atoms with Crippen LogP contribution in [0.4, 0.5) is 10.6 Å². The van der Waals surface area contributed by atoms with E-state index in [1.165, 1.54) is 18.2 Å². The van der Waals surface area contributed by atoms with Crippen LogP contribution in [0.1, 0.15) is 5.69 Å². The van der Waals surface area contributed by atoms with E-state index in [9.17, 15) is 4.79 Å². The molecule has 0 aliphatic heterocycles. The van der Waals surface area contributed by atoms with Crippen molar-refractivity contribution in [2.75, 3.05) is 5.32 Å². The first-order chi connectivity index (χ1) is 6.72. The molecule has 0 radical (unpaired) electrons. The molecule has 0 saturated carbocycles. The van der Waals surface area contributed by atoms with Crippen LogP contribution >= 0.6 is 0 Å². The number of hydrogen-bond donors (Lipinski definition) is 2. The molecule has 5 heteroatoms. The van der Waals surface area contributed by atoms with Gasteiger partial charge in [0, 0.05) is 6.08 Å². The Balaban J connectivity index is 2.85. The molecule has 0 aliphatic rings. The molecule has 0 bridgehead atoms. The van der Waals surface area contributed by atoms with E-state index in [0.717, 1.165) is 0 Å². The van der Waals surface area contributed by atoms with E-state index in [0.29, 0.717) is 5.69 Å². The van der Waals surface area contributed by atoms with Crippen molar-refractivity contribution < 1.29 is 9.90 Å². The van der Waals surface area contributed by atoms with Gasteiger partial charge in [-0.3, -0.25) is 5.32 Å². The Morgan fingerprint density at radius 2 is 2.43 bits per heavy atom. The number of nitriles is 1. The van der Waals surface area contributed by atoms with Crippen LogP contribution in [0.3, 0.4) is 0 Å². The highest BCUT2D eigenvalue weighted by molar-refractivity contribution is 5.81. The minimum absolute atomic E-state index is 0.234. The maximum atomic E-state index is 10.3. The van der Waals surface area contributed by atoms with Crippen molar-refractivity contribution in [3.05, 3.63) is 30.0 Å². The number of carbonyl (C=O) groups is 1. The lowest BCUT2D eigenvalue weighted by Crippen LogP contribution is -2.08. The van der Waals surface area contributed by atoms with Crippen LogP contribution in [0.25, 0.3) is 6.08 Å². The van der Waals surface area contributed by atoms with E-state index in [2.05, 4.69) is 10.3 Å². The summed E-state index contributed by atoms with van der Waals surface area (Å²) in [5.74, 6) is 0.234. The van der Waals surface area contributed by atoms with Gasteiger partial charge in [0.2, 0.25) is 0 Å². The molecule has 0 atom stereocenters. The average molecular weight is 189 g/mol. The predicted molar refractivity (Wildman–Crippen MR) is 50.5 cm³/mol. The highest BCUT2D eigenvalue weighted by Crippen LogP contribution is 2.05. The monoisotopic (exact) mass is 189 g/mol. The first-order valence-electron chi connectivity index (χ1n) is 3.75. The summed E-state index contributed by atoms with van der Waals surface area (Å²) in [4.78, 5) is 14.2. The Bertz CT molecular complexity index is 407. The lowest BCUT2D eigenvalue weighted by Gasteiger charge is -1.99. The average Bonchev–Trinajstić information content (AvgIpc) is 2.14. The second-order valence-corrected chi connectivity index (χ2v) is 2.34. The van der Waals surface area contributed by atoms with Crippen molar-refractivity contribution in [3.8, 4) is 6.07 Å². The molecule has 1 heterocycles. The Morgan fingerprint density at radius 3 is 3.07 bits per heavy atom. The molecule has 0 saturated heterocycles. The van der Waals surface area contributed by atoms with E-state index >= 15 is 0 Å². The van der Waals surface area contributed by atoms with Crippen LogP contribution in [0, 0.1) is 11.3 Å². The Kier molecular flexibility index (Phi) is 3.21. The molecular formula is C9H7N3O2. The number of nitrogens with zero attached hydrogens (tertiary/aromatic N) is 2. The van der Waals surface area contributed by atoms with Crippen LogP contribution in [-0.2, 0) is 0 Å². The molecule has 70 valence electrons. The molecule has 2 N–H and O–H groups in total. The second kappa shape index (κ2) is 4.62.